The summed E-state index contributed by atoms with van der Waals surface area (Å²) in [5.41, 5.74) is 1.06. The third-order valence-electron chi connectivity index (χ3n) is 3.42. The van der Waals surface area contributed by atoms with E-state index in [-0.39, 0.29) is 17.8 Å². The maximum absolute atomic E-state index is 13.7. The number of hydrogen-bond donors (Lipinski definition) is 1. The maximum Gasteiger partial charge on any atom is 0.329 e. The molecule has 0 spiro atoms. The molecule has 0 radical (unpaired) electrons. The smallest absolute Gasteiger partial charge is 0.303 e. The molecule has 116 valence electrons. The Hall–Kier alpha value is -2.66. The van der Waals surface area contributed by atoms with Crippen LogP contribution in [0.25, 0.3) is 6.08 Å². The Bertz CT molecular complexity index is 802. The van der Waals surface area contributed by atoms with Crippen LogP contribution in [0.4, 0.5) is 9.18 Å². The quantitative estimate of drug-likeness (QED) is 0.691. The Morgan fingerprint density at radius 3 is 2.48 bits per heavy atom. The molecule has 3 rings (SSSR count). The number of nitrogens with zero attached hydrogens (tertiary/aromatic N) is 1. The summed E-state index contributed by atoms with van der Waals surface area (Å²) < 4.78 is 13.7. The summed E-state index contributed by atoms with van der Waals surface area (Å²) in [4.78, 5) is 25.4. The lowest BCUT2D eigenvalue weighted by molar-refractivity contribution is -0.123. The summed E-state index contributed by atoms with van der Waals surface area (Å²) in [7, 11) is 0. The van der Waals surface area contributed by atoms with Crippen LogP contribution in [0.15, 0.2) is 54.2 Å². The molecule has 1 fully saturated rings. The molecule has 0 saturated carbocycles. The van der Waals surface area contributed by atoms with Gasteiger partial charge in [0, 0.05) is 10.6 Å². The Morgan fingerprint density at radius 2 is 1.78 bits per heavy atom. The van der Waals surface area contributed by atoms with Crippen molar-refractivity contribution in [2.75, 3.05) is 0 Å². The second-order valence-corrected chi connectivity index (χ2v) is 5.46. The molecule has 1 N–H and O–H groups in total. The van der Waals surface area contributed by atoms with Crippen LogP contribution in [0, 0.1) is 5.82 Å². The van der Waals surface area contributed by atoms with E-state index in [1.807, 2.05) is 0 Å². The number of nitrogens with one attached hydrogen (secondary N) is 1. The normalized spacial score (nSPS) is 16.1. The predicted molar refractivity (Wildman–Crippen MR) is 84.9 cm³/mol. The van der Waals surface area contributed by atoms with Crippen LogP contribution in [-0.2, 0) is 11.3 Å². The lowest BCUT2D eigenvalue weighted by atomic mass is 10.1. The van der Waals surface area contributed by atoms with Crippen LogP contribution in [0.1, 0.15) is 11.1 Å². The topological polar surface area (TPSA) is 49.4 Å². The lowest BCUT2D eigenvalue weighted by Gasteiger charge is -2.11. The molecule has 0 bridgehead atoms. The minimum Gasteiger partial charge on any atom is -0.303 e. The van der Waals surface area contributed by atoms with E-state index in [2.05, 4.69) is 5.32 Å². The van der Waals surface area contributed by atoms with Gasteiger partial charge in [0.2, 0.25) is 0 Å². The molecule has 3 amide bonds. The van der Waals surface area contributed by atoms with Crippen molar-refractivity contribution in [1.82, 2.24) is 10.2 Å². The lowest BCUT2D eigenvalue weighted by Crippen LogP contribution is -2.30. The fourth-order valence-corrected chi connectivity index (χ4v) is 2.36. The van der Waals surface area contributed by atoms with E-state index >= 15 is 0 Å². The molecule has 0 unspecified atom stereocenters. The summed E-state index contributed by atoms with van der Waals surface area (Å²) in [6.45, 7) is 0.121. The molecular formula is C17H12ClFN2O2. The van der Waals surface area contributed by atoms with Crippen LogP contribution in [0.3, 0.4) is 0 Å². The van der Waals surface area contributed by atoms with E-state index in [0.717, 1.165) is 10.5 Å². The minimum absolute atomic E-state index is 0.0501. The van der Waals surface area contributed by atoms with Gasteiger partial charge < -0.3 is 5.32 Å². The highest BCUT2D eigenvalue weighted by Gasteiger charge is 2.33. The highest BCUT2D eigenvalue weighted by Crippen LogP contribution is 2.19. The molecule has 4 nitrogen and oxygen atoms in total. The van der Waals surface area contributed by atoms with Crippen LogP contribution < -0.4 is 5.32 Å². The molecule has 23 heavy (non-hydrogen) atoms. The van der Waals surface area contributed by atoms with Gasteiger partial charge >= 0.3 is 6.03 Å². The molecule has 0 aliphatic carbocycles. The van der Waals surface area contributed by atoms with Crippen molar-refractivity contribution in [1.29, 1.82) is 0 Å². The zero-order valence-corrected chi connectivity index (χ0v) is 12.7. The average Bonchev–Trinajstić information content (AvgIpc) is 2.79. The summed E-state index contributed by atoms with van der Waals surface area (Å²) in [6.07, 6.45) is 1.33. The molecule has 6 heteroatoms. The standard InChI is InChI=1S/C17H12ClFN2O2/c18-13-7-5-11(6-8-13)10-21-16(22)15(20-17(21)23)9-12-3-1-2-4-14(12)19/h1-9H,10H2,(H,20,23). The second-order valence-electron chi connectivity index (χ2n) is 5.03. The third-order valence-corrected chi connectivity index (χ3v) is 3.67. The van der Waals surface area contributed by atoms with Gasteiger partial charge in [-0.1, -0.05) is 41.9 Å². The van der Waals surface area contributed by atoms with Crippen molar-refractivity contribution in [2.45, 2.75) is 6.54 Å². The van der Waals surface area contributed by atoms with Gasteiger partial charge in [-0.05, 0) is 29.8 Å². The van der Waals surface area contributed by atoms with E-state index in [9.17, 15) is 14.0 Å². The Labute approximate surface area is 137 Å². The zero-order chi connectivity index (χ0) is 16.4. The fourth-order valence-electron chi connectivity index (χ4n) is 2.24. The Balaban J connectivity index is 1.82. The van der Waals surface area contributed by atoms with Gasteiger partial charge in [0.05, 0.1) is 6.54 Å². The van der Waals surface area contributed by atoms with Crippen molar-refractivity contribution >= 4 is 29.6 Å². The van der Waals surface area contributed by atoms with Crippen molar-refractivity contribution in [2.24, 2.45) is 0 Å². The van der Waals surface area contributed by atoms with E-state index in [1.165, 1.54) is 18.2 Å². The number of carbonyl (C=O) groups is 2. The van der Waals surface area contributed by atoms with Gasteiger partial charge in [-0.25, -0.2) is 9.18 Å². The number of hydrogen-bond acceptors (Lipinski definition) is 2. The van der Waals surface area contributed by atoms with E-state index in [0.29, 0.717) is 5.02 Å². The third kappa shape index (κ3) is 3.24. The van der Waals surface area contributed by atoms with Crippen LogP contribution in [0.2, 0.25) is 5.02 Å². The van der Waals surface area contributed by atoms with Crippen molar-refractivity contribution in [3.05, 3.63) is 76.2 Å². The first kappa shape index (κ1) is 15.2. The molecule has 1 aliphatic heterocycles. The molecule has 2 aromatic rings. The van der Waals surface area contributed by atoms with Gasteiger partial charge in [0.25, 0.3) is 5.91 Å². The van der Waals surface area contributed by atoms with Gasteiger partial charge in [-0.2, -0.15) is 0 Å². The summed E-state index contributed by atoms with van der Waals surface area (Å²) in [5, 5.41) is 3.04. The number of amides is 3. The van der Waals surface area contributed by atoms with Crippen LogP contribution in [0.5, 0.6) is 0 Å². The SMILES string of the molecule is O=C1NC(=Cc2ccccc2F)C(=O)N1Cc1ccc(Cl)cc1. The van der Waals surface area contributed by atoms with Gasteiger partial charge in [0.15, 0.2) is 0 Å². The van der Waals surface area contributed by atoms with Crippen molar-refractivity contribution in [3.63, 3.8) is 0 Å². The van der Waals surface area contributed by atoms with Crippen LogP contribution in [-0.4, -0.2) is 16.8 Å². The fraction of sp³-hybridized carbons (Fsp3) is 0.0588. The highest BCUT2D eigenvalue weighted by molar-refractivity contribution is 6.30. The van der Waals surface area contributed by atoms with Gasteiger partial charge in [-0.15, -0.1) is 0 Å². The zero-order valence-electron chi connectivity index (χ0n) is 11.9. The van der Waals surface area contributed by atoms with Gasteiger partial charge in [0.1, 0.15) is 11.5 Å². The first-order valence-corrected chi connectivity index (χ1v) is 7.26. The minimum atomic E-state index is -0.535. The predicted octanol–water partition coefficient (Wildman–Crippen LogP) is 3.57. The number of carbonyl (C=O) groups excluding carboxylic acids is 2. The number of rotatable bonds is 3. The molecule has 1 heterocycles. The average molecular weight is 331 g/mol. The van der Waals surface area contributed by atoms with Crippen molar-refractivity contribution < 1.29 is 14.0 Å². The van der Waals surface area contributed by atoms with Crippen molar-refractivity contribution in [3.8, 4) is 0 Å². The summed E-state index contributed by atoms with van der Waals surface area (Å²) in [5.74, 6) is -0.952. The van der Waals surface area contributed by atoms with E-state index < -0.39 is 17.8 Å². The first-order valence-electron chi connectivity index (χ1n) is 6.88. The second kappa shape index (κ2) is 6.22. The summed E-state index contributed by atoms with van der Waals surface area (Å²) >= 11 is 5.81. The molecule has 0 aromatic heterocycles. The molecule has 1 aliphatic rings. The summed E-state index contributed by atoms with van der Waals surface area (Å²) in [6, 6.07) is 12.3. The molecule has 2 aromatic carbocycles. The first-order chi connectivity index (χ1) is 11.0. The maximum atomic E-state index is 13.7. The number of benzene rings is 2. The molecular weight excluding hydrogens is 319 g/mol. The monoisotopic (exact) mass is 330 g/mol. The molecule has 1 saturated heterocycles. The Morgan fingerprint density at radius 1 is 1.09 bits per heavy atom. The number of halogens is 2. The number of urea groups is 1. The molecule has 0 atom stereocenters. The van der Waals surface area contributed by atoms with E-state index in [1.54, 1.807) is 36.4 Å². The highest BCUT2D eigenvalue weighted by atomic mass is 35.5. The number of imide groups is 1. The van der Waals surface area contributed by atoms with Crippen LogP contribution >= 0.6 is 11.6 Å². The van der Waals surface area contributed by atoms with Gasteiger partial charge in [-0.3, -0.25) is 9.69 Å². The van der Waals surface area contributed by atoms with E-state index in [4.69, 9.17) is 11.6 Å². The Kier molecular flexibility index (Phi) is 4.12. The largest absolute Gasteiger partial charge is 0.329 e.